The highest BCUT2D eigenvalue weighted by atomic mass is 16.5. The molecular weight excluding hydrogens is 230 g/mol. The van der Waals surface area contributed by atoms with Crippen molar-refractivity contribution < 1.29 is 9.26 Å². The maximum atomic E-state index is 5.85. The van der Waals surface area contributed by atoms with E-state index >= 15 is 0 Å². The molecule has 0 atom stereocenters. The lowest BCUT2D eigenvalue weighted by atomic mass is 10.1. The van der Waals surface area contributed by atoms with Crippen LogP contribution in [0.4, 0.5) is 5.69 Å². The lowest BCUT2D eigenvalue weighted by Crippen LogP contribution is -1.95. The Morgan fingerprint density at radius 3 is 2.94 bits per heavy atom. The van der Waals surface area contributed by atoms with Crippen LogP contribution in [0, 0.1) is 6.92 Å². The quantitative estimate of drug-likeness (QED) is 0.649. The van der Waals surface area contributed by atoms with E-state index in [1.165, 1.54) is 0 Å². The molecule has 1 aromatic carbocycles. The van der Waals surface area contributed by atoms with Gasteiger partial charge in [-0.15, -0.1) is 0 Å². The fourth-order valence-electron chi connectivity index (χ4n) is 1.51. The van der Waals surface area contributed by atoms with Gasteiger partial charge in [-0.3, -0.25) is 0 Å². The molecule has 1 heterocycles. The molecule has 0 aliphatic rings. The molecule has 18 heavy (non-hydrogen) atoms. The number of nitrogens with zero attached hydrogens (tertiary/aromatic N) is 2. The summed E-state index contributed by atoms with van der Waals surface area (Å²) in [6.45, 7) is 5.08. The van der Waals surface area contributed by atoms with Crippen molar-refractivity contribution in [1.29, 1.82) is 0 Å². The number of anilines is 1. The highest BCUT2D eigenvalue weighted by Crippen LogP contribution is 2.22. The summed E-state index contributed by atoms with van der Waals surface area (Å²) in [5.74, 6) is 1.02. The molecule has 2 aromatic rings. The van der Waals surface area contributed by atoms with E-state index in [-0.39, 0.29) is 0 Å². The predicted octanol–water partition coefficient (Wildman–Crippen LogP) is 2.55. The molecule has 0 radical (unpaired) electrons. The Labute approximate surface area is 106 Å². The minimum Gasteiger partial charge on any atom is -0.398 e. The number of hydrogen-bond donors (Lipinski definition) is 1. The third-order valence-corrected chi connectivity index (χ3v) is 2.57. The Balaban J connectivity index is 2.11. The zero-order chi connectivity index (χ0) is 13.0. The fourth-order valence-corrected chi connectivity index (χ4v) is 1.51. The minimum absolute atomic E-state index is 0.374. The molecule has 0 unspecified atom stereocenters. The third kappa shape index (κ3) is 2.87. The van der Waals surface area contributed by atoms with Gasteiger partial charge in [0.1, 0.15) is 6.61 Å². The molecule has 96 valence electrons. The van der Waals surface area contributed by atoms with Crippen molar-refractivity contribution in [3.05, 3.63) is 29.6 Å². The maximum Gasteiger partial charge on any atom is 0.258 e. The van der Waals surface area contributed by atoms with Crippen LogP contribution in [0.15, 0.2) is 22.7 Å². The lowest BCUT2D eigenvalue weighted by Gasteiger charge is -2.00. The lowest BCUT2D eigenvalue weighted by molar-refractivity contribution is 0.114. The van der Waals surface area contributed by atoms with Gasteiger partial charge in [0.15, 0.2) is 5.82 Å². The molecule has 0 aliphatic carbocycles. The first kappa shape index (κ1) is 12.6. The minimum atomic E-state index is 0.374. The van der Waals surface area contributed by atoms with Crippen LogP contribution in [-0.4, -0.2) is 16.7 Å². The van der Waals surface area contributed by atoms with Crippen LogP contribution in [0.1, 0.15) is 24.7 Å². The van der Waals surface area contributed by atoms with E-state index < -0.39 is 0 Å². The van der Waals surface area contributed by atoms with Gasteiger partial charge in [-0.2, -0.15) is 4.98 Å². The van der Waals surface area contributed by atoms with Gasteiger partial charge in [-0.25, -0.2) is 0 Å². The molecule has 0 spiro atoms. The highest BCUT2D eigenvalue weighted by Gasteiger charge is 2.09. The van der Waals surface area contributed by atoms with Crippen LogP contribution >= 0.6 is 0 Å². The molecule has 0 fully saturated rings. The maximum absolute atomic E-state index is 5.85. The molecule has 0 saturated carbocycles. The number of rotatable bonds is 5. The summed E-state index contributed by atoms with van der Waals surface area (Å²) in [7, 11) is 0. The van der Waals surface area contributed by atoms with E-state index in [0.29, 0.717) is 24.9 Å². The molecule has 2 N–H and O–H groups in total. The van der Waals surface area contributed by atoms with E-state index in [0.717, 1.165) is 23.2 Å². The summed E-state index contributed by atoms with van der Waals surface area (Å²) in [4.78, 5) is 4.26. The van der Waals surface area contributed by atoms with Crippen molar-refractivity contribution in [2.75, 3.05) is 12.3 Å². The fraction of sp³-hybridized carbons (Fsp3) is 0.385. The highest BCUT2D eigenvalue weighted by molar-refractivity contribution is 5.62. The molecule has 0 bridgehead atoms. The van der Waals surface area contributed by atoms with E-state index in [1.807, 2.05) is 25.1 Å². The Bertz CT molecular complexity index is 523. The second-order valence-corrected chi connectivity index (χ2v) is 4.14. The first-order chi connectivity index (χ1) is 8.70. The molecule has 5 nitrogen and oxygen atoms in total. The van der Waals surface area contributed by atoms with E-state index in [2.05, 4.69) is 17.1 Å². The third-order valence-electron chi connectivity index (χ3n) is 2.57. The number of nitrogens with two attached hydrogens (primary N) is 1. The summed E-state index contributed by atoms with van der Waals surface area (Å²) in [6, 6.07) is 5.68. The van der Waals surface area contributed by atoms with Gasteiger partial charge in [0.2, 0.25) is 0 Å². The largest absolute Gasteiger partial charge is 0.398 e. The van der Waals surface area contributed by atoms with Gasteiger partial charge in [-0.05, 0) is 31.0 Å². The van der Waals surface area contributed by atoms with Gasteiger partial charge in [0.05, 0.1) is 0 Å². The smallest absolute Gasteiger partial charge is 0.258 e. The Morgan fingerprint density at radius 1 is 1.39 bits per heavy atom. The predicted molar refractivity (Wildman–Crippen MR) is 68.8 cm³/mol. The Hall–Kier alpha value is -1.88. The van der Waals surface area contributed by atoms with Gasteiger partial charge in [0, 0.05) is 17.9 Å². The second-order valence-electron chi connectivity index (χ2n) is 4.14. The van der Waals surface area contributed by atoms with E-state index in [1.54, 1.807) is 0 Å². The number of aryl methyl sites for hydroxylation is 1. The zero-order valence-electron chi connectivity index (χ0n) is 10.6. The van der Waals surface area contributed by atoms with E-state index in [9.17, 15) is 0 Å². The van der Waals surface area contributed by atoms with Crippen LogP contribution in [0.2, 0.25) is 0 Å². The number of ether oxygens (including phenoxy) is 1. The number of benzene rings is 1. The van der Waals surface area contributed by atoms with Crippen molar-refractivity contribution >= 4 is 5.69 Å². The monoisotopic (exact) mass is 247 g/mol. The molecule has 2 rings (SSSR count). The van der Waals surface area contributed by atoms with E-state index in [4.69, 9.17) is 15.0 Å². The standard InChI is InChI=1S/C13H17N3O2/c1-3-6-17-8-12-15-13(18-16-12)10-5-4-9(2)11(14)7-10/h4-5,7H,3,6,8,14H2,1-2H3. The summed E-state index contributed by atoms with van der Waals surface area (Å²) in [6.07, 6.45) is 0.971. The first-order valence-electron chi connectivity index (χ1n) is 5.97. The van der Waals surface area contributed by atoms with Gasteiger partial charge in [0.25, 0.3) is 5.89 Å². The molecule has 5 heteroatoms. The molecule has 1 aromatic heterocycles. The number of hydrogen-bond acceptors (Lipinski definition) is 5. The van der Waals surface area contributed by atoms with Crippen molar-refractivity contribution in [3.8, 4) is 11.5 Å². The van der Waals surface area contributed by atoms with Gasteiger partial charge < -0.3 is 15.0 Å². The van der Waals surface area contributed by atoms with Crippen molar-refractivity contribution in [1.82, 2.24) is 10.1 Å². The first-order valence-corrected chi connectivity index (χ1v) is 5.97. The summed E-state index contributed by atoms with van der Waals surface area (Å²) >= 11 is 0. The van der Waals surface area contributed by atoms with Crippen molar-refractivity contribution in [2.45, 2.75) is 26.9 Å². The Kier molecular flexibility index (Phi) is 3.94. The normalized spacial score (nSPS) is 10.8. The Morgan fingerprint density at radius 2 is 2.22 bits per heavy atom. The van der Waals surface area contributed by atoms with Crippen LogP contribution < -0.4 is 5.73 Å². The van der Waals surface area contributed by atoms with Crippen LogP contribution in [0.25, 0.3) is 11.5 Å². The van der Waals surface area contributed by atoms with Crippen LogP contribution in [0.3, 0.4) is 0 Å². The van der Waals surface area contributed by atoms with Gasteiger partial charge in [-0.1, -0.05) is 18.1 Å². The summed E-state index contributed by atoms with van der Waals surface area (Å²) in [5, 5.41) is 3.86. The summed E-state index contributed by atoms with van der Waals surface area (Å²) in [5.41, 5.74) is 8.42. The number of aromatic nitrogens is 2. The zero-order valence-corrected chi connectivity index (χ0v) is 10.6. The average Bonchev–Trinajstić information content (AvgIpc) is 2.82. The summed E-state index contributed by atoms with van der Waals surface area (Å²) < 4.78 is 10.5. The van der Waals surface area contributed by atoms with Gasteiger partial charge >= 0.3 is 0 Å². The molecular formula is C13H17N3O2. The van der Waals surface area contributed by atoms with Crippen molar-refractivity contribution in [3.63, 3.8) is 0 Å². The van der Waals surface area contributed by atoms with Crippen molar-refractivity contribution in [2.24, 2.45) is 0 Å². The second kappa shape index (κ2) is 5.64. The molecule has 0 amide bonds. The van der Waals surface area contributed by atoms with Crippen LogP contribution in [-0.2, 0) is 11.3 Å². The SMILES string of the molecule is CCCOCc1noc(-c2ccc(C)c(N)c2)n1. The number of nitrogen functional groups attached to an aromatic ring is 1. The molecule has 0 aliphatic heterocycles. The topological polar surface area (TPSA) is 74.2 Å². The van der Waals surface area contributed by atoms with Crippen LogP contribution in [0.5, 0.6) is 0 Å². The average molecular weight is 247 g/mol. The molecule has 0 saturated heterocycles.